The van der Waals surface area contributed by atoms with Crippen molar-refractivity contribution >= 4 is 38.6 Å². The van der Waals surface area contributed by atoms with E-state index in [1.54, 1.807) is 0 Å². The Morgan fingerprint density at radius 3 is 1.27 bits per heavy atom. The lowest BCUT2D eigenvalue weighted by atomic mass is 9.96. The molecule has 1 nitrogen and oxygen atoms in total. The van der Waals surface area contributed by atoms with Crippen molar-refractivity contribution in [3.05, 3.63) is 212 Å². The van der Waals surface area contributed by atoms with Gasteiger partial charge in [0, 0.05) is 16.9 Å². The largest absolute Gasteiger partial charge is 0.310 e. The predicted octanol–water partition coefficient (Wildman–Crippen LogP) is 14.1. The van der Waals surface area contributed by atoms with Gasteiger partial charge in [-0.2, -0.15) is 0 Å². The molecular formula is C50H35N. The van der Waals surface area contributed by atoms with Crippen LogP contribution in [-0.2, 0) is 0 Å². The summed E-state index contributed by atoms with van der Waals surface area (Å²) >= 11 is 0. The van der Waals surface area contributed by atoms with Gasteiger partial charge in [0.1, 0.15) is 0 Å². The van der Waals surface area contributed by atoms with E-state index in [1.165, 1.54) is 66.1 Å². The van der Waals surface area contributed by atoms with E-state index in [1.807, 2.05) is 0 Å². The van der Waals surface area contributed by atoms with Crippen LogP contribution in [0, 0.1) is 0 Å². The van der Waals surface area contributed by atoms with Crippen LogP contribution in [0.15, 0.2) is 212 Å². The van der Waals surface area contributed by atoms with Crippen molar-refractivity contribution in [1.29, 1.82) is 0 Å². The summed E-state index contributed by atoms with van der Waals surface area (Å²) in [4.78, 5) is 2.42. The summed E-state index contributed by atoms with van der Waals surface area (Å²) in [5, 5.41) is 4.98. The van der Waals surface area contributed by atoms with E-state index in [0.717, 1.165) is 17.1 Å². The third-order valence-corrected chi connectivity index (χ3v) is 9.86. The number of anilines is 3. The fraction of sp³-hybridized carbons (Fsp3) is 0. The van der Waals surface area contributed by atoms with Crippen LogP contribution < -0.4 is 4.90 Å². The average Bonchev–Trinajstić information content (AvgIpc) is 3.21. The first-order valence-electron chi connectivity index (χ1n) is 17.5. The number of hydrogen-bond acceptors (Lipinski definition) is 1. The van der Waals surface area contributed by atoms with E-state index in [-0.39, 0.29) is 0 Å². The Bertz CT molecular complexity index is 2500. The van der Waals surface area contributed by atoms with Crippen LogP contribution in [0.1, 0.15) is 0 Å². The Labute approximate surface area is 299 Å². The maximum Gasteiger partial charge on any atom is 0.0540 e. The van der Waals surface area contributed by atoms with Gasteiger partial charge in [0.15, 0.2) is 0 Å². The second-order valence-electron chi connectivity index (χ2n) is 13.0. The van der Waals surface area contributed by atoms with Gasteiger partial charge in [0.25, 0.3) is 0 Å². The molecule has 0 bridgehead atoms. The smallest absolute Gasteiger partial charge is 0.0540 e. The molecule has 9 aromatic rings. The van der Waals surface area contributed by atoms with Crippen molar-refractivity contribution in [3.63, 3.8) is 0 Å². The normalized spacial score (nSPS) is 11.1. The summed E-state index contributed by atoms with van der Waals surface area (Å²) in [5.74, 6) is 0. The molecule has 0 radical (unpaired) electrons. The lowest BCUT2D eigenvalue weighted by Gasteiger charge is -2.29. The summed E-state index contributed by atoms with van der Waals surface area (Å²) in [6.07, 6.45) is 0. The number of hydrogen-bond donors (Lipinski definition) is 0. The van der Waals surface area contributed by atoms with E-state index >= 15 is 0 Å². The molecule has 0 spiro atoms. The number of nitrogens with zero attached hydrogens (tertiary/aromatic N) is 1. The van der Waals surface area contributed by atoms with Crippen LogP contribution in [-0.4, -0.2) is 0 Å². The highest BCUT2D eigenvalue weighted by atomic mass is 15.1. The molecule has 51 heavy (non-hydrogen) atoms. The van der Waals surface area contributed by atoms with Crippen LogP contribution in [0.25, 0.3) is 66.1 Å². The van der Waals surface area contributed by atoms with Crippen LogP contribution in [0.3, 0.4) is 0 Å². The summed E-state index contributed by atoms with van der Waals surface area (Å²) in [6, 6.07) is 76.7. The minimum Gasteiger partial charge on any atom is -0.310 e. The molecule has 0 aliphatic rings. The molecule has 0 heterocycles. The minimum atomic E-state index is 1.10. The number of rotatable bonds is 7. The molecule has 1 heteroatoms. The lowest BCUT2D eigenvalue weighted by molar-refractivity contribution is 1.28. The third kappa shape index (κ3) is 5.86. The van der Waals surface area contributed by atoms with E-state index in [9.17, 15) is 0 Å². The van der Waals surface area contributed by atoms with Gasteiger partial charge in [-0.05, 0) is 90.8 Å². The van der Waals surface area contributed by atoms with Crippen LogP contribution in [0.5, 0.6) is 0 Å². The van der Waals surface area contributed by atoms with Crippen molar-refractivity contribution in [3.8, 4) is 44.5 Å². The zero-order valence-electron chi connectivity index (χ0n) is 28.2. The summed E-state index contributed by atoms with van der Waals surface area (Å²) in [6.45, 7) is 0. The second kappa shape index (κ2) is 13.3. The standard InChI is InChI=1S/C50H35N/c1-2-14-36(15-3-1)37-30-32-40(33-31-37)49-26-8-9-29-50(49)51(43-22-10-20-41(34-43)47-27-12-18-38-16-4-6-24-45(38)47)44-23-11-21-42(35-44)48-28-13-19-39-17-5-7-25-46(39)48/h1-35H. The Kier molecular flexibility index (Phi) is 7.92. The van der Waals surface area contributed by atoms with Crippen LogP contribution in [0.4, 0.5) is 17.1 Å². The molecule has 9 rings (SSSR count). The maximum atomic E-state index is 2.42. The van der Waals surface area contributed by atoms with Gasteiger partial charge in [-0.3, -0.25) is 0 Å². The van der Waals surface area contributed by atoms with Gasteiger partial charge < -0.3 is 4.90 Å². The number of para-hydroxylation sites is 1. The van der Waals surface area contributed by atoms with Gasteiger partial charge in [0.2, 0.25) is 0 Å². The topological polar surface area (TPSA) is 3.24 Å². The molecule has 0 atom stereocenters. The lowest BCUT2D eigenvalue weighted by Crippen LogP contribution is -2.11. The molecule has 0 amide bonds. The number of fused-ring (bicyclic) bond motifs is 2. The summed E-state index contributed by atoms with van der Waals surface area (Å²) in [7, 11) is 0. The van der Waals surface area contributed by atoms with E-state index in [4.69, 9.17) is 0 Å². The van der Waals surface area contributed by atoms with Gasteiger partial charge in [-0.1, -0.05) is 182 Å². The van der Waals surface area contributed by atoms with E-state index in [2.05, 4.69) is 217 Å². The summed E-state index contributed by atoms with van der Waals surface area (Å²) < 4.78 is 0. The number of benzene rings is 9. The Balaban J connectivity index is 1.22. The maximum absolute atomic E-state index is 2.42. The van der Waals surface area contributed by atoms with E-state index < -0.39 is 0 Å². The Morgan fingerprint density at radius 2 is 0.667 bits per heavy atom. The quantitative estimate of drug-likeness (QED) is 0.166. The fourth-order valence-corrected chi connectivity index (χ4v) is 7.39. The molecule has 0 aliphatic carbocycles. The second-order valence-corrected chi connectivity index (χ2v) is 13.0. The first-order chi connectivity index (χ1) is 25.3. The molecule has 240 valence electrons. The third-order valence-electron chi connectivity index (χ3n) is 9.86. The van der Waals surface area contributed by atoms with E-state index in [0.29, 0.717) is 0 Å². The molecule has 9 aromatic carbocycles. The first kappa shape index (κ1) is 30.4. The fourth-order valence-electron chi connectivity index (χ4n) is 7.39. The van der Waals surface area contributed by atoms with Gasteiger partial charge in [-0.15, -0.1) is 0 Å². The zero-order chi connectivity index (χ0) is 34.0. The van der Waals surface area contributed by atoms with Crippen LogP contribution >= 0.6 is 0 Å². The first-order valence-corrected chi connectivity index (χ1v) is 17.5. The molecule has 0 aromatic heterocycles. The Morgan fingerprint density at radius 1 is 0.255 bits per heavy atom. The summed E-state index contributed by atoms with van der Waals surface area (Å²) in [5.41, 5.74) is 12.9. The highest BCUT2D eigenvalue weighted by Crippen LogP contribution is 2.44. The van der Waals surface area contributed by atoms with Crippen molar-refractivity contribution in [2.75, 3.05) is 4.90 Å². The van der Waals surface area contributed by atoms with Gasteiger partial charge >= 0.3 is 0 Å². The molecule has 0 N–H and O–H groups in total. The highest BCUT2D eigenvalue weighted by Gasteiger charge is 2.19. The zero-order valence-corrected chi connectivity index (χ0v) is 28.2. The molecule has 0 saturated carbocycles. The monoisotopic (exact) mass is 649 g/mol. The van der Waals surface area contributed by atoms with Gasteiger partial charge in [-0.25, -0.2) is 0 Å². The molecular weight excluding hydrogens is 615 g/mol. The molecule has 0 unspecified atom stereocenters. The molecule has 0 saturated heterocycles. The molecule has 0 aliphatic heterocycles. The van der Waals surface area contributed by atoms with Crippen molar-refractivity contribution in [2.24, 2.45) is 0 Å². The van der Waals surface area contributed by atoms with Crippen LogP contribution in [0.2, 0.25) is 0 Å². The Hall–Kier alpha value is -6.70. The minimum absolute atomic E-state index is 1.10. The van der Waals surface area contributed by atoms with Crippen molar-refractivity contribution in [2.45, 2.75) is 0 Å². The van der Waals surface area contributed by atoms with Crippen molar-refractivity contribution in [1.82, 2.24) is 0 Å². The van der Waals surface area contributed by atoms with Gasteiger partial charge in [0.05, 0.1) is 5.69 Å². The molecule has 0 fully saturated rings. The highest BCUT2D eigenvalue weighted by molar-refractivity contribution is 5.99. The predicted molar refractivity (Wildman–Crippen MR) is 218 cm³/mol. The van der Waals surface area contributed by atoms with Crippen molar-refractivity contribution < 1.29 is 0 Å². The SMILES string of the molecule is c1ccc(-c2ccc(-c3ccccc3N(c3cccc(-c4cccc5ccccc45)c3)c3cccc(-c4cccc5ccccc45)c3)cc2)cc1. The average molecular weight is 650 g/mol.